The molecule has 0 heterocycles. The van der Waals surface area contributed by atoms with Crippen molar-refractivity contribution in [2.24, 2.45) is 0 Å². The minimum absolute atomic E-state index is 0.202. The van der Waals surface area contributed by atoms with Gasteiger partial charge in [0.25, 0.3) is 0 Å². The van der Waals surface area contributed by atoms with Gasteiger partial charge < -0.3 is 10.5 Å². The monoisotopic (exact) mass is 291 g/mol. The van der Waals surface area contributed by atoms with E-state index in [4.69, 9.17) is 22.1 Å². The van der Waals surface area contributed by atoms with Crippen molar-refractivity contribution in [2.45, 2.75) is 13.3 Å². The first kappa shape index (κ1) is 12.3. The Balaban J connectivity index is 2.83. The van der Waals surface area contributed by atoms with Crippen molar-refractivity contribution in [3.63, 3.8) is 0 Å². The number of anilines is 1. The first-order chi connectivity index (χ1) is 7.04. The molecule has 0 aliphatic rings. The lowest BCUT2D eigenvalue weighted by Gasteiger charge is -2.06. The number of nitrogen functional groups attached to an aromatic ring is 1. The zero-order chi connectivity index (χ0) is 11.4. The van der Waals surface area contributed by atoms with Crippen LogP contribution < -0.4 is 5.73 Å². The lowest BCUT2D eigenvalue weighted by molar-refractivity contribution is -0.142. The molecular weight excluding hydrogens is 281 g/mol. The van der Waals surface area contributed by atoms with Gasteiger partial charge in [0.1, 0.15) is 0 Å². The second-order valence-corrected chi connectivity index (χ2v) is 4.19. The van der Waals surface area contributed by atoms with Crippen molar-refractivity contribution in [1.29, 1.82) is 0 Å². The third-order valence-electron chi connectivity index (χ3n) is 1.77. The van der Waals surface area contributed by atoms with Gasteiger partial charge in [-0.05, 0) is 40.5 Å². The van der Waals surface area contributed by atoms with Crippen LogP contribution in [0.25, 0.3) is 0 Å². The van der Waals surface area contributed by atoms with Crippen LogP contribution in [-0.2, 0) is 16.0 Å². The van der Waals surface area contributed by atoms with Crippen molar-refractivity contribution < 1.29 is 9.53 Å². The highest BCUT2D eigenvalue weighted by Gasteiger charge is 2.08. The van der Waals surface area contributed by atoms with Crippen LogP contribution in [0.1, 0.15) is 12.5 Å². The minimum atomic E-state index is -0.272. The predicted molar refractivity (Wildman–Crippen MR) is 63.9 cm³/mol. The van der Waals surface area contributed by atoms with E-state index in [1.807, 2.05) is 0 Å². The zero-order valence-corrected chi connectivity index (χ0v) is 10.6. The number of halogens is 2. The van der Waals surface area contributed by atoms with Gasteiger partial charge in [0.2, 0.25) is 0 Å². The maximum atomic E-state index is 11.2. The molecule has 0 bridgehead atoms. The third-order valence-corrected chi connectivity index (χ3v) is 3.05. The number of hydrogen-bond donors (Lipinski definition) is 1. The summed E-state index contributed by atoms with van der Waals surface area (Å²) < 4.78 is 5.51. The van der Waals surface area contributed by atoms with Crippen LogP contribution in [0, 0.1) is 0 Å². The molecule has 1 aromatic rings. The Morgan fingerprint density at radius 1 is 1.60 bits per heavy atom. The van der Waals surface area contributed by atoms with E-state index < -0.39 is 0 Å². The van der Waals surface area contributed by atoms with Crippen LogP contribution in [0.4, 0.5) is 5.69 Å². The van der Waals surface area contributed by atoms with Crippen molar-refractivity contribution in [3.05, 3.63) is 27.2 Å². The van der Waals surface area contributed by atoms with Gasteiger partial charge in [0.05, 0.1) is 23.7 Å². The molecule has 0 fully saturated rings. The second-order valence-electron chi connectivity index (χ2n) is 2.96. The van der Waals surface area contributed by atoms with Gasteiger partial charge in [-0.1, -0.05) is 11.6 Å². The summed E-state index contributed by atoms with van der Waals surface area (Å²) in [7, 11) is 0. The number of ether oxygens (including phenoxy) is 1. The van der Waals surface area contributed by atoms with Crippen LogP contribution in [0.3, 0.4) is 0 Å². The van der Waals surface area contributed by atoms with Gasteiger partial charge in [-0.3, -0.25) is 4.79 Å². The number of hydrogen-bond acceptors (Lipinski definition) is 3. The van der Waals surface area contributed by atoms with E-state index in [0.717, 1.165) is 5.56 Å². The van der Waals surface area contributed by atoms with Gasteiger partial charge in [-0.25, -0.2) is 0 Å². The number of esters is 1. The lowest BCUT2D eigenvalue weighted by atomic mass is 10.1. The average Bonchev–Trinajstić information content (AvgIpc) is 2.14. The Kier molecular flexibility index (Phi) is 4.42. The maximum absolute atomic E-state index is 11.2. The Morgan fingerprint density at radius 3 is 2.80 bits per heavy atom. The molecule has 0 aromatic heterocycles. The molecule has 1 aromatic carbocycles. The van der Waals surface area contributed by atoms with Gasteiger partial charge in [-0.15, -0.1) is 0 Å². The van der Waals surface area contributed by atoms with Crippen LogP contribution in [0.5, 0.6) is 0 Å². The summed E-state index contributed by atoms with van der Waals surface area (Å²) in [6.45, 7) is 2.15. The van der Waals surface area contributed by atoms with Gasteiger partial charge in [0, 0.05) is 4.47 Å². The summed E-state index contributed by atoms with van der Waals surface area (Å²) in [5, 5.41) is 0.461. The van der Waals surface area contributed by atoms with E-state index in [2.05, 4.69) is 15.9 Å². The quantitative estimate of drug-likeness (QED) is 0.688. The number of carbonyl (C=O) groups is 1. The van der Waals surface area contributed by atoms with E-state index >= 15 is 0 Å². The molecule has 0 atom stereocenters. The fraction of sp³-hybridized carbons (Fsp3) is 0.300. The summed E-state index contributed by atoms with van der Waals surface area (Å²) in [4.78, 5) is 11.2. The Hall–Kier alpha value is -0.740. The molecule has 0 amide bonds. The number of benzene rings is 1. The van der Waals surface area contributed by atoms with Crippen LogP contribution in [-0.4, -0.2) is 12.6 Å². The fourth-order valence-electron chi connectivity index (χ4n) is 1.15. The number of rotatable bonds is 3. The van der Waals surface area contributed by atoms with E-state index in [1.165, 1.54) is 0 Å². The second kappa shape index (κ2) is 5.37. The normalized spacial score (nSPS) is 10.1. The van der Waals surface area contributed by atoms with Crippen molar-refractivity contribution in [2.75, 3.05) is 12.3 Å². The van der Waals surface area contributed by atoms with E-state index in [0.29, 0.717) is 21.8 Å². The molecule has 2 N–H and O–H groups in total. The highest BCUT2D eigenvalue weighted by Crippen LogP contribution is 2.29. The number of carbonyl (C=O) groups excluding carboxylic acids is 1. The first-order valence-electron chi connectivity index (χ1n) is 4.43. The molecule has 82 valence electrons. The molecule has 5 heteroatoms. The lowest BCUT2D eigenvalue weighted by Crippen LogP contribution is -2.07. The molecule has 0 aliphatic carbocycles. The smallest absolute Gasteiger partial charge is 0.310 e. The summed E-state index contributed by atoms with van der Waals surface area (Å²) in [5.74, 6) is -0.272. The molecule has 3 nitrogen and oxygen atoms in total. The van der Waals surface area contributed by atoms with E-state index in [-0.39, 0.29) is 12.4 Å². The predicted octanol–water partition coefficient (Wildman–Crippen LogP) is 2.79. The molecule has 0 unspecified atom stereocenters. The van der Waals surface area contributed by atoms with Crippen molar-refractivity contribution >= 4 is 39.2 Å². The topological polar surface area (TPSA) is 52.3 Å². The standard InChI is InChI=1S/C10H11BrClNO2/c1-2-15-9(14)5-6-3-7(11)10(12)8(13)4-6/h3-4H,2,5,13H2,1H3. The Bertz CT molecular complexity index is 359. The molecule has 15 heavy (non-hydrogen) atoms. The highest BCUT2D eigenvalue weighted by molar-refractivity contribution is 9.10. The van der Waals surface area contributed by atoms with Crippen LogP contribution in [0.2, 0.25) is 5.02 Å². The molecule has 0 spiro atoms. The van der Waals surface area contributed by atoms with Gasteiger partial charge in [-0.2, -0.15) is 0 Å². The van der Waals surface area contributed by atoms with Crippen molar-refractivity contribution in [1.82, 2.24) is 0 Å². The molecular formula is C10H11BrClNO2. The Labute approximate surface area is 102 Å². The summed E-state index contributed by atoms with van der Waals surface area (Å²) in [6.07, 6.45) is 0.202. The zero-order valence-electron chi connectivity index (χ0n) is 8.22. The molecule has 1 rings (SSSR count). The van der Waals surface area contributed by atoms with Crippen LogP contribution in [0.15, 0.2) is 16.6 Å². The number of nitrogens with two attached hydrogens (primary N) is 1. The van der Waals surface area contributed by atoms with Crippen molar-refractivity contribution in [3.8, 4) is 0 Å². The van der Waals surface area contributed by atoms with E-state index in [1.54, 1.807) is 19.1 Å². The largest absolute Gasteiger partial charge is 0.466 e. The third kappa shape index (κ3) is 3.39. The summed E-state index contributed by atoms with van der Waals surface area (Å²) in [6, 6.07) is 3.43. The average molecular weight is 293 g/mol. The summed E-state index contributed by atoms with van der Waals surface area (Å²) >= 11 is 9.12. The first-order valence-corrected chi connectivity index (χ1v) is 5.60. The fourth-order valence-corrected chi connectivity index (χ4v) is 1.78. The summed E-state index contributed by atoms with van der Waals surface area (Å²) in [5.41, 5.74) is 6.89. The van der Waals surface area contributed by atoms with E-state index in [9.17, 15) is 4.79 Å². The molecule has 0 saturated heterocycles. The highest BCUT2D eigenvalue weighted by atomic mass is 79.9. The SMILES string of the molecule is CCOC(=O)Cc1cc(N)c(Cl)c(Br)c1. The maximum Gasteiger partial charge on any atom is 0.310 e. The van der Waals surface area contributed by atoms with Gasteiger partial charge in [0.15, 0.2) is 0 Å². The molecule has 0 aliphatic heterocycles. The van der Waals surface area contributed by atoms with Crippen LogP contribution >= 0.6 is 27.5 Å². The molecule has 0 radical (unpaired) electrons. The molecule has 0 saturated carbocycles. The Morgan fingerprint density at radius 2 is 2.27 bits per heavy atom. The van der Waals surface area contributed by atoms with Gasteiger partial charge >= 0.3 is 5.97 Å². The minimum Gasteiger partial charge on any atom is -0.466 e.